The molecule has 2 nitrogen and oxygen atoms in total. The van der Waals surface area contributed by atoms with Gasteiger partial charge in [-0.05, 0) is 25.3 Å². The Morgan fingerprint density at radius 1 is 1.45 bits per heavy atom. The van der Waals surface area contributed by atoms with E-state index in [1.165, 1.54) is 0 Å². The summed E-state index contributed by atoms with van der Waals surface area (Å²) in [6.07, 6.45) is -0.930. The lowest BCUT2D eigenvalue weighted by molar-refractivity contribution is 0.0407. The fourth-order valence-electron chi connectivity index (χ4n) is 1.26. The van der Waals surface area contributed by atoms with Gasteiger partial charge in [0.05, 0.1) is 12.6 Å². The minimum Gasteiger partial charge on any atom is -0.393 e. The van der Waals surface area contributed by atoms with Crippen LogP contribution in [0.5, 0.6) is 0 Å². The largest absolute Gasteiger partial charge is 0.393 e. The molecule has 1 aliphatic carbocycles. The Morgan fingerprint density at radius 3 is 2.55 bits per heavy atom. The Bertz CT molecular complexity index is 115. The minimum atomic E-state index is -2.26. The zero-order chi connectivity index (χ0) is 8.27. The van der Waals surface area contributed by atoms with Gasteiger partial charge in [-0.15, -0.1) is 0 Å². The molecule has 4 heteroatoms. The van der Waals surface area contributed by atoms with Crippen molar-refractivity contribution in [2.45, 2.75) is 25.4 Å². The molecule has 66 valence electrons. The first-order chi connectivity index (χ1) is 5.18. The molecule has 0 atom stereocenters. The maximum absolute atomic E-state index is 11.6. The molecule has 11 heavy (non-hydrogen) atoms. The average Bonchev–Trinajstić information content (AvgIpc) is 1.83. The first-order valence-electron chi connectivity index (χ1n) is 3.85. The SMILES string of the molecule is OC1CC(CNCC(F)F)C1. The van der Waals surface area contributed by atoms with Gasteiger partial charge in [-0.1, -0.05) is 0 Å². The zero-order valence-electron chi connectivity index (χ0n) is 6.26. The van der Waals surface area contributed by atoms with Crippen molar-refractivity contribution >= 4 is 0 Å². The van der Waals surface area contributed by atoms with Crippen LogP contribution < -0.4 is 5.32 Å². The van der Waals surface area contributed by atoms with Gasteiger partial charge in [0.2, 0.25) is 0 Å². The molecule has 0 aromatic carbocycles. The molecule has 0 bridgehead atoms. The van der Waals surface area contributed by atoms with E-state index in [2.05, 4.69) is 5.32 Å². The average molecular weight is 165 g/mol. The molecule has 1 saturated carbocycles. The second kappa shape index (κ2) is 3.97. The summed E-state index contributed by atoms with van der Waals surface area (Å²) in [4.78, 5) is 0. The van der Waals surface area contributed by atoms with Crippen LogP contribution in [0.25, 0.3) is 0 Å². The van der Waals surface area contributed by atoms with Crippen LogP contribution in [0.1, 0.15) is 12.8 Å². The summed E-state index contributed by atoms with van der Waals surface area (Å²) in [7, 11) is 0. The quantitative estimate of drug-likeness (QED) is 0.639. The number of halogens is 2. The fraction of sp³-hybridized carbons (Fsp3) is 1.00. The molecule has 1 aliphatic rings. The Kier molecular flexibility index (Phi) is 3.20. The summed E-state index contributed by atoms with van der Waals surface area (Å²) < 4.78 is 23.1. The predicted octanol–water partition coefficient (Wildman–Crippen LogP) is 0.612. The number of alkyl halides is 2. The molecule has 2 N–H and O–H groups in total. The number of hydrogen-bond donors (Lipinski definition) is 2. The predicted molar refractivity (Wildman–Crippen MR) is 37.6 cm³/mol. The zero-order valence-corrected chi connectivity index (χ0v) is 6.26. The molecular weight excluding hydrogens is 152 g/mol. The summed E-state index contributed by atoms with van der Waals surface area (Å²) in [6, 6.07) is 0. The van der Waals surface area contributed by atoms with Gasteiger partial charge in [-0.2, -0.15) is 0 Å². The third-order valence-corrected chi connectivity index (χ3v) is 1.94. The van der Waals surface area contributed by atoms with Crippen LogP contribution in [0, 0.1) is 5.92 Å². The van der Waals surface area contributed by atoms with E-state index in [0.29, 0.717) is 12.5 Å². The van der Waals surface area contributed by atoms with Crippen molar-refractivity contribution < 1.29 is 13.9 Å². The lowest BCUT2D eigenvalue weighted by Crippen LogP contribution is -2.37. The van der Waals surface area contributed by atoms with Crippen LogP contribution in [-0.2, 0) is 0 Å². The molecule has 0 spiro atoms. The summed E-state index contributed by atoms with van der Waals surface area (Å²) in [5, 5.41) is 11.5. The van der Waals surface area contributed by atoms with Crippen molar-refractivity contribution in [1.29, 1.82) is 0 Å². The topological polar surface area (TPSA) is 32.3 Å². The molecule has 0 unspecified atom stereocenters. The molecule has 0 heterocycles. The van der Waals surface area contributed by atoms with Gasteiger partial charge in [0.15, 0.2) is 0 Å². The highest BCUT2D eigenvalue weighted by Gasteiger charge is 2.26. The molecule has 0 aromatic heterocycles. The molecule has 1 rings (SSSR count). The standard InChI is InChI=1S/C7H13F2NO/c8-7(9)4-10-3-5-1-6(11)2-5/h5-7,10-11H,1-4H2. The maximum Gasteiger partial charge on any atom is 0.250 e. The molecule has 0 radical (unpaired) electrons. The van der Waals surface area contributed by atoms with Crippen molar-refractivity contribution in [3.8, 4) is 0 Å². The lowest BCUT2D eigenvalue weighted by Gasteiger charge is -2.31. The Morgan fingerprint density at radius 2 is 2.09 bits per heavy atom. The monoisotopic (exact) mass is 165 g/mol. The van der Waals surface area contributed by atoms with Gasteiger partial charge in [-0.25, -0.2) is 8.78 Å². The van der Waals surface area contributed by atoms with Crippen molar-refractivity contribution in [1.82, 2.24) is 5.32 Å². The van der Waals surface area contributed by atoms with Crippen LogP contribution >= 0.6 is 0 Å². The van der Waals surface area contributed by atoms with E-state index in [4.69, 9.17) is 5.11 Å². The first-order valence-corrected chi connectivity index (χ1v) is 3.85. The number of rotatable bonds is 4. The third kappa shape index (κ3) is 3.12. The van der Waals surface area contributed by atoms with Crippen molar-refractivity contribution in [3.05, 3.63) is 0 Å². The Balaban J connectivity index is 1.89. The first kappa shape index (κ1) is 8.87. The van der Waals surface area contributed by atoms with E-state index >= 15 is 0 Å². The number of aliphatic hydroxyl groups is 1. The van der Waals surface area contributed by atoms with Crippen LogP contribution in [0.3, 0.4) is 0 Å². The van der Waals surface area contributed by atoms with Crippen LogP contribution in [0.4, 0.5) is 8.78 Å². The normalized spacial score (nSPS) is 30.5. The van der Waals surface area contributed by atoms with Gasteiger partial charge >= 0.3 is 0 Å². The fourth-order valence-corrected chi connectivity index (χ4v) is 1.26. The van der Waals surface area contributed by atoms with E-state index in [0.717, 1.165) is 12.8 Å². The molecular formula is C7H13F2NO. The van der Waals surface area contributed by atoms with Crippen LogP contribution in [0.15, 0.2) is 0 Å². The lowest BCUT2D eigenvalue weighted by atomic mass is 9.82. The molecule has 1 fully saturated rings. The Hall–Kier alpha value is -0.220. The van der Waals surface area contributed by atoms with Crippen LogP contribution in [0.2, 0.25) is 0 Å². The molecule has 0 aromatic rings. The van der Waals surface area contributed by atoms with E-state index < -0.39 is 6.43 Å². The maximum atomic E-state index is 11.6. The number of aliphatic hydroxyl groups excluding tert-OH is 1. The van der Waals surface area contributed by atoms with Gasteiger partial charge in [-0.3, -0.25) is 0 Å². The summed E-state index contributed by atoms with van der Waals surface area (Å²) >= 11 is 0. The highest BCUT2D eigenvalue weighted by molar-refractivity contribution is 4.79. The number of hydrogen-bond acceptors (Lipinski definition) is 2. The molecule has 0 saturated heterocycles. The van der Waals surface area contributed by atoms with E-state index in [-0.39, 0.29) is 12.6 Å². The summed E-state index contributed by atoms with van der Waals surface area (Å²) in [6.45, 7) is 0.383. The van der Waals surface area contributed by atoms with Gasteiger partial charge in [0.1, 0.15) is 0 Å². The highest BCUT2D eigenvalue weighted by atomic mass is 19.3. The van der Waals surface area contributed by atoms with E-state index in [9.17, 15) is 8.78 Å². The second-order valence-electron chi connectivity index (χ2n) is 3.04. The molecule has 0 amide bonds. The van der Waals surface area contributed by atoms with E-state index in [1.807, 2.05) is 0 Å². The van der Waals surface area contributed by atoms with Crippen molar-refractivity contribution in [2.75, 3.05) is 13.1 Å². The third-order valence-electron chi connectivity index (χ3n) is 1.94. The van der Waals surface area contributed by atoms with E-state index in [1.54, 1.807) is 0 Å². The van der Waals surface area contributed by atoms with Gasteiger partial charge in [0, 0.05) is 0 Å². The summed E-state index contributed by atoms with van der Waals surface area (Å²) in [5.41, 5.74) is 0. The van der Waals surface area contributed by atoms with Crippen molar-refractivity contribution in [2.24, 2.45) is 5.92 Å². The minimum absolute atomic E-state index is 0.187. The molecule has 0 aliphatic heterocycles. The smallest absolute Gasteiger partial charge is 0.250 e. The van der Waals surface area contributed by atoms with Gasteiger partial charge in [0.25, 0.3) is 6.43 Å². The van der Waals surface area contributed by atoms with Gasteiger partial charge < -0.3 is 10.4 Å². The summed E-state index contributed by atoms with van der Waals surface area (Å²) in [5.74, 6) is 0.406. The van der Waals surface area contributed by atoms with Crippen LogP contribution in [-0.4, -0.2) is 30.7 Å². The Labute approximate surface area is 64.6 Å². The second-order valence-corrected chi connectivity index (χ2v) is 3.04. The number of nitrogens with one attached hydrogen (secondary N) is 1. The highest BCUT2D eigenvalue weighted by Crippen LogP contribution is 2.25. The van der Waals surface area contributed by atoms with Crippen molar-refractivity contribution in [3.63, 3.8) is 0 Å².